The molecular weight excluding hydrogens is 380 g/mol. The number of benzene rings is 1. The first-order valence-electron chi connectivity index (χ1n) is 9.29. The van der Waals surface area contributed by atoms with Crippen LogP contribution in [0, 0.1) is 0 Å². The minimum Gasteiger partial charge on any atom is -0.308 e. The van der Waals surface area contributed by atoms with Gasteiger partial charge in [-0.25, -0.2) is 13.2 Å². The number of likely N-dealkylation sites (N-methyl/N-ethyl adjacent to an activating group) is 1. The number of urea groups is 1. The monoisotopic (exact) mass is 406 g/mol. The van der Waals surface area contributed by atoms with Crippen molar-refractivity contribution < 1.29 is 13.2 Å². The number of amides is 2. The van der Waals surface area contributed by atoms with E-state index >= 15 is 0 Å². The van der Waals surface area contributed by atoms with Gasteiger partial charge >= 0.3 is 6.03 Å². The van der Waals surface area contributed by atoms with Crippen LogP contribution in [0.1, 0.15) is 19.0 Å². The Morgan fingerprint density at radius 2 is 1.93 bits per heavy atom. The molecule has 10 heteroatoms. The summed E-state index contributed by atoms with van der Waals surface area (Å²) in [4.78, 5) is 14.5. The maximum atomic E-state index is 12.9. The van der Waals surface area contributed by atoms with Crippen molar-refractivity contribution in [3.63, 3.8) is 0 Å². The van der Waals surface area contributed by atoms with Crippen LogP contribution in [0.5, 0.6) is 0 Å². The topological polar surface area (TPSA) is 110 Å². The summed E-state index contributed by atoms with van der Waals surface area (Å²) >= 11 is 0. The van der Waals surface area contributed by atoms with Crippen molar-refractivity contribution in [1.29, 1.82) is 0 Å². The Morgan fingerprint density at radius 1 is 1.18 bits per heavy atom. The van der Waals surface area contributed by atoms with Crippen LogP contribution >= 0.6 is 0 Å². The molecule has 1 aliphatic rings. The second-order valence-electron chi connectivity index (χ2n) is 6.84. The van der Waals surface area contributed by atoms with Crippen LogP contribution < -0.4 is 10.6 Å². The summed E-state index contributed by atoms with van der Waals surface area (Å²) in [6, 6.07) is 7.57. The number of hydrogen-bond donors (Lipinski definition) is 3. The third kappa shape index (κ3) is 4.89. The first-order chi connectivity index (χ1) is 13.4. The molecule has 0 atom stereocenters. The van der Waals surface area contributed by atoms with Gasteiger partial charge in [0, 0.05) is 43.6 Å². The zero-order chi connectivity index (χ0) is 20.1. The normalized spacial score (nSPS) is 16.1. The lowest BCUT2D eigenvalue weighted by atomic mass is 10.2. The molecule has 0 unspecified atom stereocenters. The van der Waals surface area contributed by atoms with E-state index in [0.717, 1.165) is 18.5 Å². The molecule has 0 saturated carbocycles. The fraction of sp³-hybridized carbons (Fsp3) is 0.444. The average molecular weight is 407 g/mol. The molecule has 1 aromatic carbocycles. The number of carbonyl (C=O) groups excluding carboxylic acids is 1. The van der Waals surface area contributed by atoms with Crippen molar-refractivity contribution in [1.82, 2.24) is 19.4 Å². The largest absolute Gasteiger partial charge is 0.324 e. The fourth-order valence-corrected chi connectivity index (χ4v) is 4.48. The standard InChI is InChI=1S/C18H26N6O3S/c1-3-5-15-13-17(22-21-15)20-18(25)19-14-6-4-7-16(12-14)28(26,27)24-10-8-23(2)9-11-24/h4,6-7,12-13H,3,5,8-11H2,1-2H3,(H3,19,20,21,22,25). The highest BCUT2D eigenvalue weighted by atomic mass is 32.2. The highest BCUT2D eigenvalue weighted by Gasteiger charge is 2.27. The molecule has 1 saturated heterocycles. The molecule has 0 spiro atoms. The lowest BCUT2D eigenvalue weighted by molar-refractivity contribution is 0.222. The Balaban J connectivity index is 1.66. The second kappa shape index (κ2) is 8.72. The molecule has 3 N–H and O–H groups in total. The van der Waals surface area contributed by atoms with E-state index in [9.17, 15) is 13.2 Å². The molecule has 152 valence electrons. The van der Waals surface area contributed by atoms with Crippen molar-refractivity contribution >= 4 is 27.6 Å². The van der Waals surface area contributed by atoms with Crippen LogP contribution in [-0.2, 0) is 16.4 Å². The molecule has 2 heterocycles. The van der Waals surface area contributed by atoms with Crippen molar-refractivity contribution in [2.75, 3.05) is 43.9 Å². The van der Waals surface area contributed by atoms with E-state index in [-0.39, 0.29) is 4.90 Å². The number of sulfonamides is 1. The Hall–Kier alpha value is -2.43. The molecular formula is C18H26N6O3S. The third-order valence-corrected chi connectivity index (χ3v) is 6.48. The van der Waals surface area contributed by atoms with Gasteiger partial charge in [0.15, 0.2) is 5.82 Å². The Labute approximate surface area is 165 Å². The number of piperazine rings is 1. The molecule has 28 heavy (non-hydrogen) atoms. The Kier molecular flexibility index (Phi) is 6.32. The Bertz CT molecular complexity index is 919. The number of nitrogens with one attached hydrogen (secondary N) is 3. The minimum atomic E-state index is -3.59. The van der Waals surface area contributed by atoms with Crippen LogP contribution in [0.25, 0.3) is 0 Å². The van der Waals surface area contributed by atoms with Crippen LogP contribution in [0.15, 0.2) is 35.2 Å². The summed E-state index contributed by atoms with van der Waals surface area (Å²) in [7, 11) is -1.62. The van der Waals surface area contributed by atoms with Crippen LogP contribution in [0.4, 0.5) is 16.3 Å². The van der Waals surface area contributed by atoms with Gasteiger partial charge in [0.1, 0.15) is 0 Å². The highest BCUT2D eigenvalue weighted by Crippen LogP contribution is 2.21. The third-order valence-electron chi connectivity index (χ3n) is 4.58. The lowest BCUT2D eigenvalue weighted by Gasteiger charge is -2.31. The van der Waals surface area contributed by atoms with Gasteiger partial charge in [-0.3, -0.25) is 10.4 Å². The molecule has 3 rings (SSSR count). The molecule has 0 aliphatic carbocycles. The summed E-state index contributed by atoms with van der Waals surface area (Å²) in [5.74, 6) is 0.419. The van der Waals surface area contributed by atoms with Gasteiger partial charge in [0.25, 0.3) is 0 Å². The number of H-pyrrole nitrogens is 1. The molecule has 2 amide bonds. The van der Waals surface area contributed by atoms with E-state index in [2.05, 4.69) is 32.7 Å². The zero-order valence-corrected chi connectivity index (χ0v) is 16.9. The van der Waals surface area contributed by atoms with E-state index in [1.165, 1.54) is 10.4 Å². The SMILES string of the molecule is CCCc1cc(NC(=O)Nc2cccc(S(=O)(=O)N3CCN(C)CC3)c2)n[nH]1. The number of aromatic amines is 1. The number of nitrogens with zero attached hydrogens (tertiary/aromatic N) is 3. The van der Waals surface area contributed by atoms with Crippen molar-refractivity contribution in [3.05, 3.63) is 36.0 Å². The van der Waals surface area contributed by atoms with Crippen LogP contribution in [0.2, 0.25) is 0 Å². The predicted molar refractivity (Wildman–Crippen MR) is 108 cm³/mol. The second-order valence-corrected chi connectivity index (χ2v) is 8.78. The van der Waals surface area contributed by atoms with Gasteiger partial charge in [0.05, 0.1) is 4.90 Å². The number of hydrogen-bond acceptors (Lipinski definition) is 5. The summed E-state index contributed by atoms with van der Waals surface area (Å²) in [5, 5.41) is 12.2. The quantitative estimate of drug-likeness (QED) is 0.679. The van der Waals surface area contributed by atoms with Gasteiger partial charge < -0.3 is 10.2 Å². The van der Waals surface area contributed by atoms with Crippen molar-refractivity contribution in [3.8, 4) is 0 Å². The van der Waals surface area contributed by atoms with E-state index < -0.39 is 16.1 Å². The van der Waals surface area contributed by atoms with Crippen LogP contribution in [-0.4, -0.2) is 67.1 Å². The minimum absolute atomic E-state index is 0.167. The lowest BCUT2D eigenvalue weighted by Crippen LogP contribution is -2.47. The van der Waals surface area contributed by atoms with Gasteiger partial charge in [0.2, 0.25) is 10.0 Å². The van der Waals surface area contributed by atoms with E-state index in [4.69, 9.17) is 0 Å². The zero-order valence-electron chi connectivity index (χ0n) is 16.1. The van der Waals surface area contributed by atoms with Gasteiger partial charge in [-0.05, 0) is 31.7 Å². The van der Waals surface area contributed by atoms with Gasteiger partial charge in [-0.2, -0.15) is 9.40 Å². The number of anilines is 2. The summed E-state index contributed by atoms with van der Waals surface area (Å²) < 4.78 is 27.2. The highest BCUT2D eigenvalue weighted by molar-refractivity contribution is 7.89. The Morgan fingerprint density at radius 3 is 2.64 bits per heavy atom. The van der Waals surface area contributed by atoms with Crippen molar-refractivity contribution in [2.45, 2.75) is 24.7 Å². The maximum absolute atomic E-state index is 12.9. The molecule has 0 radical (unpaired) electrons. The van der Waals surface area contributed by atoms with Crippen molar-refractivity contribution in [2.24, 2.45) is 0 Å². The summed E-state index contributed by atoms with van der Waals surface area (Å²) in [6.45, 7) is 4.36. The molecule has 1 fully saturated rings. The predicted octanol–water partition coefficient (Wildman–Crippen LogP) is 1.94. The maximum Gasteiger partial charge on any atom is 0.324 e. The van der Waals surface area contributed by atoms with E-state index in [1.807, 2.05) is 7.05 Å². The van der Waals surface area contributed by atoms with E-state index in [0.29, 0.717) is 37.7 Å². The number of rotatable bonds is 6. The first-order valence-corrected chi connectivity index (χ1v) is 10.7. The van der Waals surface area contributed by atoms with E-state index in [1.54, 1.807) is 24.3 Å². The fourth-order valence-electron chi connectivity index (χ4n) is 3.01. The number of carbonyl (C=O) groups is 1. The smallest absolute Gasteiger partial charge is 0.308 e. The summed E-state index contributed by atoms with van der Waals surface area (Å²) in [5.41, 5.74) is 1.34. The molecule has 1 aliphatic heterocycles. The molecule has 0 bridgehead atoms. The van der Waals surface area contributed by atoms with Crippen LogP contribution in [0.3, 0.4) is 0 Å². The number of aryl methyl sites for hydroxylation is 1. The molecule has 1 aromatic heterocycles. The van der Waals surface area contributed by atoms with Gasteiger partial charge in [-0.1, -0.05) is 19.4 Å². The first kappa shape index (κ1) is 20.3. The molecule has 2 aromatic rings. The number of aromatic nitrogens is 2. The average Bonchev–Trinajstić information content (AvgIpc) is 3.09. The molecule has 9 nitrogen and oxygen atoms in total. The summed E-state index contributed by atoms with van der Waals surface area (Å²) in [6.07, 6.45) is 1.82. The van der Waals surface area contributed by atoms with Gasteiger partial charge in [-0.15, -0.1) is 0 Å².